The summed E-state index contributed by atoms with van der Waals surface area (Å²) >= 11 is 0. The maximum Gasteiger partial charge on any atom is 0.0617 e. The minimum absolute atomic E-state index is 0.234. The van der Waals surface area contributed by atoms with Crippen LogP contribution in [0.3, 0.4) is 0 Å². The monoisotopic (exact) mass is 159 g/mol. The lowest BCUT2D eigenvalue weighted by Crippen LogP contribution is -2.26. The van der Waals surface area contributed by atoms with Crippen molar-refractivity contribution in [2.24, 2.45) is 11.7 Å². The highest BCUT2D eigenvalue weighted by atomic mass is 16.5. The summed E-state index contributed by atoms with van der Waals surface area (Å²) in [5, 5.41) is 0. The third-order valence-electron chi connectivity index (χ3n) is 1.65. The van der Waals surface area contributed by atoms with E-state index < -0.39 is 0 Å². The van der Waals surface area contributed by atoms with Gasteiger partial charge in [-0.1, -0.05) is 13.8 Å². The summed E-state index contributed by atoms with van der Waals surface area (Å²) in [6.45, 7) is 7.91. The van der Waals surface area contributed by atoms with Crippen LogP contribution in [0, 0.1) is 5.92 Å². The Balaban J connectivity index is 3.15. The molecule has 11 heavy (non-hydrogen) atoms. The molecule has 0 bridgehead atoms. The van der Waals surface area contributed by atoms with Crippen molar-refractivity contribution in [1.29, 1.82) is 0 Å². The molecule has 68 valence electrons. The molecule has 0 aliphatic rings. The predicted octanol–water partition coefficient (Wildman–Crippen LogP) is 1.79. The van der Waals surface area contributed by atoms with Gasteiger partial charge in [-0.15, -0.1) is 0 Å². The van der Waals surface area contributed by atoms with Crippen molar-refractivity contribution < 1.29 is 4.74 Å². The first-order valence-corrected chi connectivity index (χ1v) is 4.50. The largest absolute Gasteiger partial charge is 0.380 e. The molecule has 0 aliphatic heterocycles. The Bertz CT molecular complexity index is 83.6. The highest BCUT2D eigenvalue weighted by Gasteiger charge is 2.02. The van der Waals surface area contributed by atoms with Crippen LogP contribution in [0.4, 0.5) is 0 Å². The van der Waals surface area contributed by atoms with Crippen molar-refractivity contribution >= 4 is 0 Å². The first-order chi connectivity index (χ1) is 5.16. The minimum Gasteiger partial charge on any atom is -0.380 e. The molecule has 0 saturated heterocycles. The van der Waals surface area contributed by atoms with E-state index in [9.17, 15) is 0 Å². The van der Waals surface area contributed by atoms with Crippen LogP contribution in [0.15, 0.2) is 0 Å². The Morgan fingerprint density at radius 1 is 1.27 bits per heavy atom. The molecule has 1 unspecified atom stereocenters. The lowest BCUT2D eigenvalue weighted by Gasteiger charge is -2.12. The van der Waals surface area contributed by atoms with Gasteiger partial charge in [0.15, 0.2) is 0 Å². The van der Waals surface area contributed by atoms with Crippen LogP contribution in [0.2, 0.25) is 0 Å². The Hall–Kier alpha value is -0.0800. The van der Waals surface area contributed by atoms with Gasteiger partial charge in [-0.25, -0.2) is 0 Å². The van der Waals surface area contributed by atoms with Crippen LogP contribution in [-0.4, -0.2) is 19.3 Å². The fraction of sp³-hybridized carbons (Fsp3) is 1.00. The van der Waals surface area contributed by atoms with Crippen LogP contribution >= 0.6 is 0 Å². The average Bonchev–Trinajstić information content (AvgIpc) is 1.97. The van der Waals surface area contributed by atoms with Crippen molar-refractivity contribution in [1.82, 2.24) is 0 Å². The second-order valence-corrected chi connectivity index (χ2v) is 3.39. The molecule has 0 aliphatic carbocycles. The van der Waals surface area contributed by atoms with E-state index in [4.69, 9.17) is 10.5 Å². The van der Waals surface area contributed by atoms with E-state index in [-0.39, 0.29) is 6.04 Å². The van der Waals surface area contributed by atoms with E-state index >= 15 is 0 Å². The van der Waals surface area contributed by atoms with Crippen LogP contribution in [-0.2, 0) is 4.74 Å². The van der Waals surface area contributed by atoms with Gasteiger partial charge in [-0.3, -0.25) is 0 Å². The van der Waals surface area contributed by atoms with Crippen LogP contribution in [0.1, 0.15) is 33.6 Å². The van der Waals surface area contributed by atoms with Gasteiger partial charge in [0.2, 0.25) is 0 Å². The molecule has 2 nitrogen and oxygen atoms in total. The molecule has 0 aromatic heterocycles. The van der Waals surface area contributed by atoms with Gasteiger partial charge < -0.3 is 10.5 Å². The fourth-order valence-electron chi connectivity index (χ4n) is 0.900. The van der Waals surface area contributed by atoms with Gasteiger partial charge in [-0.05, 0) is 25.7 Å². The molecule has 0 heterocycles. The van der Waals surface area contributed by atoms with Crippen molar-refractivity contribution in [3.05, 3.63) is 0 Å². The molecule has 0 aromatic carbocycles. The normalized spacial score (nSPS) is 13.9. The second kappa shape index (κ2) is 6.62. The van der Waals surface area contributed by atoms with Gasteiger partial charge in [0.1, 0.15) is 0 Å². The van der Waals surface area contributed by atoms with Crippen molar-refractivity contribution in [2.45, 2.75) is 39.7 Å². The SMILES string of the molecule is CCOCC(N)CCC(C)C. The first-order valence-electron chi connectivity index (χ1n) is 4.50. The Morgan fingerprint density at radius 3 is 2.36 bits per heavy atom. The van der Waals surface area contributed by atoms with Crippen LogP contribution in [0.25, 0.3) is 0 Å². The summed E-state index contributed by atoms with van der Waals surface area (Å²) in [5.41, 5.74) is 5.78. The Morgan fingerprint density at radius 2 is 1.91 bits per heavy atom. The minimum atomic E-state index is 0.234. The number of hydrogen-bond acceptors (Lipinski definition) is 2. The van der Waals surface area contributed by atoms with E-state index in [1.807, 2.05) is 6.92 Å². The third kappa shape index (κ3) is 7.82. The van der Waals surface area contributed by atoms with Crippen molar-refractivity contribution in [3.63, 3.8) is 0 Å². The topological polar surface area (TPSA) is 35.2 Å². The summed E-state index contributed by atoms with van der Waals surface area (Å²) in [5.74, 6) is 0.752. The molecular formula is C9H21NO. The standard InChI is InChI=1S/C9H21NO/c1-4-11-7-9(10)6-5-8(2)3/h8-9H,4-7,10H2,1-3H3. The van der Waals surface area contributed by atoms with Crippen molar-refractivity contribution in [3.8, 4) is 0 Å². The molecule has 0 saturated carbocycles. The number of nitrogens with two attached hydrogens (primary N) is 1. The molecule has 0 fully saturated rings. The molecular weight excluding hydrogens is 138 g/mol. The molecule has 0 amide bonds. The van der Waals surface area contributed by atoms with Gasteiger partial charge in [-0.2, -0.15) is 0 Å². The molecule has 0 spiro atoms. The van der Waals surface area contributed by atoms with Crippen LogP contribution in [0.5, 0.6) is 0 Å². The number of rotatable bonds is 6. The van der Waals surface area contributed by atoms with Gasteiger partial charge in [0, 0.05) is 12.6 Å². The van der Waals surface area contributed by atoms with Crippen LogP contribution < -0.4 is 5.73 Å². The lowest BCUT2D eigenvalue weighted by molar-refractivity contribution is 0.129. The second-order valence-electron chi connectivity index (χ2n) is 3.39. The zero-order valence-electron chi connectivity index (χ0n) is 7.97. The molecule has 0 rings (SSSR count). The summed E-state index contributed by atoms with van der Waals surface area (Å²) < 4.78 is 5.20. The Kier molecular flexibility index (Phi) is 6.57. The highest BCUT2D eigenvalue weighted by molar-refractivity contribution is 4.60. The summed E-state index contributed by atoms with van der Waals surface area (Å²) in [6.07, 6.45) is 2.28. The van der Waals surface area contributed by atoms with E-state index in [1.54, 1.807) is 0 Å². The highest BCUT2D eigenvalue weighted by Crippen LogP contribution is 2.05. The van der Waals surface area contributed by atoms with Crippen molar-refractivity contribution in [2.75, 3.05) is 13.2 Å². The van der Waals surface area contributed by atoms with E-state index in [0.29, 0.717) is 6.61 Å². The maximum absolute atomic E-state index is 5.78. The zero-order chi connectivity index (χ0) is 8.69. The molecule has 2 heteroatoms. The molecule has 2 N–H and O–H groups in total. The maximum atomic E-state index is 5.78. The van der Waals surface area contributed by atoms with Gasteiger partial charge in [0.05, 0.1) is 6.61 Å². The van der Waals surface area contributed by atoms with Gasteiger partial charge >= 0.3 is 0 Å². The molecule has 1 atom stereocenters. The smallest absolute Gasteiger partial charge is 0.0617 e. The molecule has 0 aromatic rings. The Labute approximate surface area is 70.1 Å². The number of hydrogen-bond donors (Lipinski definition) is 1. The predicted molar refractivity (Wildman–Crippen MR) is 48.5 cm³/mol. The van der Waals surface area contributed by atoms with E-state index in [0.717, 1.165) is 18.9 Å². The summed E-state index contributed by atoms with van der Waals surface area (Å²) in [7, 11) is 0. The van der Waals surface area contributed by atoms with E-state index in [2.05, 4.69) is 13.8 Å². The lowest BCUT2D eigenvalue weighted by atomic mass is 10.0. The van der Waals surface area contributed by atoms with E-state index in [1.165, 1.54) is 6.42 Å². The summed E-state index contributed by atoms with van der Waals surface area (Å²) in [6, 6.07) is 0.234. The zero-order valence-corrected chi connectivity index (χ0v) is 7.97. The average molecular weight is 159 g/mol. The number of ether oxygens (including phenoxy) is 1. The quantitative estimate of drug-likeness (QED) is 0.641. The third-order valence-corrected chi connectivity index (χ3v) is 1.65. The summed E-state index contributed by atoms with van der Waals surface area (Å²) in [4.78, 5) is 0. The van der Waals surface area contributed by atoms with Gasteiger partial charge in [0.25, 0.3) is 0 Å². The first kappa shape index (κ1) is 10.9. The fourth-order valence-corrected chi connectivity index (χ4v) is 0.900. The molecule has 0 radical (unpaired) electrons.